The number of rotatable bonds is 3. The average Bonchev–Trinajstić information content (AvgIpc) is 3.24. The lowest BCUT2D eigenvalue weighted by molar-refractivity contribution is -0.475. The molecule has 192 valence electrons. The van der Waals surface area contributed by atoms with Gasteiger partial charge in [-0.15, -0.1) is 0 Å². The summed E-state index contributed by atoms with van der Waals surface area (Å²) in [5, 5.41) is 17.4. The van der Waals surface area contributed by atoms with Crippen LogP contribution in [0, 0.1) is 18.7 Å². The van der Waals surface area contributed by atoms with Crippen LogP contribution in [0.4, 0.5) is 4.39 Å². The summed E-state index contributed by atoms with van der Waals surface area (Å²) in [4.78, 5) is 43.5. The molecule has 2 atom stereocenters. The van der Waals surface area contributed by atoms with Crippen LogP contribution in [0.3, 0.4) is 0 Å². The van der Waals surface area contributed by atoms with Crippen LogP contribution < -0.4 is 16.0 Å². The van der Waals surface area contributed by atoms with E-state index in [2.05, 4.69) is 5.32 Å². The van der Waals surface area contributed by atoms with Crippen LogP contribution in [0.15, 0.2) is 16.9 Å². The summed E-state index contributed by atoms with van der Waals surface area (Å²) in [6.07, 6.45) is 1.11. The van der Waals surface area contributed by atoms with Crippen molar-refractivity contribution in [3.05, 3.63) is 61.7 Å². The zero-order valence-electron chi connectivity index (χ0n) is 21.2. The molecule has 4 heterocycles. The van der Waals surface area contributed by atoms with Crippen LogP contribution in [0.25, 0.3) is 22.3 Å². The maximum atomic E-state index is 14.9. The standard InChI is InChI=1S/C28H27FN3O5/c1-5-28(36)17-8-21-24-15(10-32(21)26(34)16(17)11-37-27(28)35)23-19(31-25(33)12(2)3)7-6-14-13(4)18(29)9-20(30-24)22(14)23/h8-9,12,19H,5-7,10-11H2,1-4H3,(H,31,33)/q-1/t19-,28-/m1/s1. The quantitative estimate of drug-likeness (QED) is 0.429. The maximum absolute atomic E-state index is 14.9. The number of nitrogens with one attached hydrogen (secondary N) is 1. The average molecular weight is 505 g/mol. The fraction of sp³-hybridized carbons (Fsp3) is 0.429. The number of carbonyl (C=O) groups excluding carboxylic acids is 2. The molecular formula is C28H27FN3O5-. The SMILES string of the molecule is CC[C@]1([O-])C(=O)OCc2c1cc1n(c2=O)Cc2c-1nc1cc(F)c(C)c3c1c2[C@H](NC(=O)C(C)C)CC3. The molecular weight excluding hydrogens is 477 g/mol. The second kappa shape index (κ2) is 7.95. The molecule has 8 nitrogen and oxygen atoms in total. The van der Waals surface area contributed by atoms with Gasteiger partial charge >= 0.3 is 0 Å². The van der Waals surface area contributed by atoms with E-state index in [1.165, 1.54) is 6.07 Å². The lowest BCUT2D eigenvalue weighted by Crippen LogP contribution is -2.53. The predicted molar refractivity (Wildman–Crippen MR) is 131 cm³/mol. The Balaban J connectivity index is 1.65. The molecule has 3 aromatic rings. The van der Waals surface area contributed by atoms with Crippen LogP contribution in [0.1, 0.15) is 73.0 Å². The Morgan fingerprint density at radius 2 is 2.05 bits per heavy atom. The number of aromatic nitrogens is 2. The Bertz CT molecular complexity index is 1610. The zero-order valence-corrected chi connectivity index (χ0v) is 21.2. The first-order chi connectivity index (χ1) is 17.6. The normalized spacial score (nSPS) is 21.5. The highest BCUT2D eigenvalue weighted by molar-refractivity contribution is 5.94. The number of amides is 1. The summed E-state index contributed by atoms with van der Waals surface area (Å²) in [5.41, 5.74) is 2.08. The number of esters is 1. The van der Waals surface area contributed by atoms with Gasteiger partial charge in [0.15, 0.2) is 0 Å². The summed E-state index contributed by atoms with van der Waals surface area (Å²) >= 11 is 0. The second-order valence-corrected chi connectivity index (χ2v) is 10.5. The molecule has 1 aliphatic carbocycles. The van der Waals surface area contributed by atoms with Gasteiger partial charge in [0.1, 0.15) is 12.4 Å². The molecule has 0 fully saturated rings. The largest absolute Gasteiger partial charge is 0.838 e. The van der Waals surface area contributed by atoms with E-state index in [4.69, 9.17) is 9.72 Å². The number of benzene rings is 1. The number of halogens is 1. The van der Waals surface area contributed by atoms with Gasteiger partial charge in [0.2, 0.25) is 5.91 Å². The van der Waals surface area contributed by atoms with Gasteiger partial charge in [-0.25, -0.2) is 9.37 Å². The summed E-state index contributed by atoms with van der Waals surface area (Å²) < 4.78 is 21.6. The van der Waals surface area contributed by atoms with Gasteiger partial charge < -0.3 is 19.7 Å². The van der Waals surface area contributed by atoms with Gasteiger partial charge in [0, 0.05) is 28.5 Å². The number of carbonyl (C=O) groups is 2. The van der Waals surface area contributed by atoms with E-state index in [0.717, 1.165) is 22.1 Å². The number of hydrogen-bond acceptors (Lipinski definition) is 6. The van der Waals surface area contributed by atoms with Crippen molar-refractivity contribution >= 4 is 22.8 Å². The molecule has 1 N–H and O–H groups in total. The Morgan fingerprint density at radius 1 is 1.30 bits per heavy atom. The number of hydrogen-bond donors (Lipinski definition) is 1. The van der Waals surface area contributed by atoms with E-state index in [1.54, 1.807) is 24.5 Å². The summed E-state index contributed by atoms with van der Waals surface area (Å²) in [6, 6.07) is 2.65. The van der Waals surface area contributed by atoms with E-state index in [-0.39, 0.29) is 54.4 Å². The first kappa shape index (κ1) is 23.8. The Kier molecular flexibility index (Phi) is 5.11. The van der Waals surface area contributed by atoms with Gasteiger partial charge in [0.05, 0.1) is 35.1 Å². The molecule has 1 aromatic carbocycles. The third-order valence-corrected chi connectivity index (χ3v) is 8.19. The fourth-order valence-electron chi connectivity index (χ4n) is 6.03. The van der Waals surface area contributed by atoms with Crippen LogP contribution in [0.5, 0.6) is 0 Å². The minimum atomic E-state index is -2.18. The third kappa shape index (κ3) is 3.16. The molecule has 3 aliphatic rings. The van der Waals surface area contributed by atoms with Gasteiger partial charge in [-0.05, 0) is 48.1 Å². The van der Waals surface area contributed by atoms with Crippen molar-refractivity contribution in [2.45, 2.75) is 71.8 Å². The molecule has 9 heteroatoms. The van der Waals surface area contributed by atoms with Crippen molar-refractivity contribution in [1.29, 1.82) is 0 Å². The summed E-state index contributed by atoms with van der Waals surface area (Å²) in [5.74, 6) is -1.57. The fourth-order valence-corrected chi connectivity index (χ4v) is 6.03. The highest BCUT2D eigenvalue weighted by Crippen LogP contribution is 2.45. The molecule has 0 bridgehead atoms. The monoisotopic (exact) mass is 504 g/mol. The molecule has 0 spiro atoms. The van der Waals surface area contributed by atoms with E-state index < -0.39 is 17.1 Å². The summed E-state index contributed by atoms with van der Waals surface area (Å²) in [7, 11) is 0. The van der Waals surface area contributed by atoms with Gasteiger partial charge in [-0.2, -0.15) is 0 Å². The first-order valence-corrected chi connectivity index (χ1v) is 12.7. The summed E-state index contributed by atoms with van der Waals surface area (Å²) in [6.45, 7) is 6.93. The molecule has 0 radical (unpaired) electrons. The maximum Gasteiger partial charge on any atom is 0.300 e. The van der Waals surface area contributed by atoms with Crippen molar-refractivity contribution < 1.29 is 23.8 Å². The topological polar surface area (TPSA) is 113 Å². The van der Waals surface area contributed by atoms with Crippen LogP contribution >= 0.6 is 0 Å². The molecule has 37 heavy (non-hydrogen) atoms. The van der Waals surface area contributed by atoms with Crippen molar-refractivity contribution in [3.63, 3.8) is 0 Å². The molecule has 6 rings (SSSR count). The smallest absolute Gasteiger partial charge is 0.300 e. The molecule has 0 unspecified atom stereocenters. The van der Waals surface area contributed by atoms with Gasteiger partial charge in [-0.3, -0.25) is 14.4 Å². The molecule has 0 saturated carbocycles. The van der Waals surface area contributed by atoms with Gasteiger partial charge in [0.25, 0.3) is 11.5 Å². The molecule has 2 aliphatic heterocycles. The predicted octanol–water partition coefficient (Wildman–Crippen LogP) is 2.65. The number of fused-ring (bicyclic) bond motifs is 5. The van der Waals surface area contributed by atoms with Crippen LogP contribution in [-0.4, -0.2) is 21.4 Å². The first-order valence-electron chi connectivity index (χ1n) is 12.7. The molecule has 2 aromatic heterocycles. The second-order valence-electron chi connectivity index (χ2n) is 10.5. The van der Waals surface area contributed by atoms with E-state index in [9.17, 15) is 23.9 Å². The van der Waals surface area contributed by atoms with E-state index >= 15 is 0 Å². The number of aryl methyl sites for hydroxylation is 1. The van der Waals surface area contributed by atoms with Gasteiger partial charge in [-0.1, -0.05) is 27.2 Å². The molecule has 1 amide bonds. The minimum absolute atomic E-state index is 0.0673. The van der Waals surface area contributed by atoms with Crippen molar-refractivity contribution in [2.24, 2.45) is 5.92 Å². The highest BCUT2D eigenvalue weighted by Gasteiger charge is 2.40. The number of nitrogens with zero attached hydrogens (tertiary/aromatic N) is 2. The Morgan fingerprint density at radius 3 is 2.76 bits per heavy atom. The van der Waals surface area contributed by atoms with E-state index in [1.807, 2.05) is 13.8 Å². The van der Waals surface area contributed by atoms with E-state index in [0.29, 0.717) is 35.3 Å². The zero-order chi connectivity index (χ0) is 26.4. The molecule has 0 saturated heterocycles. The lowest BCUT2D eigenvalue weighted by Gasteiger charge is -2.41. The number of ether oxygens (including phenoxy) is 1. The van der Waals surface area contributed by atoms with Crippen molar-refractivity contribution in [3.8, 4) is 11.4 Å². The van der Waals surface area contributed by atoms with Crippen LogP contribution in [-0.2, 0) is 39.5 Å². The van der Waals surface area contributed by atoms with Crippen LogP contribution in [0.2, 0.25) is 0 Å². The minimum Gasteiger partial charge on any atom is -0.838 e. The Hall–Kier alpha value is -3.59. The number of pyridine rings is 2. The van der Waals surface area contributed by atoms with Crippen molar-refractivity contribution in [1.82, 2.24) is 14.9 Å². The van der Waals surface area contributed by atoms with Crippen molar-refractivity contribution in [2.75, 3.05) is 0 Å². The highest BCUT2D eigenvalue weighted by atomic mass is 19.1. The lowest BCUT2D eigenvalue weighted by atomic mass is 9.81. The third-order valence-electron chi connectivity index (χ3n) is 8.19. The Labute approximate surface area is 212 Å². The number of cyclic esters (lactones) is 1.